The van der Waals surface area contributed by atoms with Gasteiger partial charge in [0.25, 0.3) is 6.43 Å². The van der Waals surface area contributed by atoms with E-state index in [1.54, 1.807) is 18.3 Å². The zero-order valence-electron chi connectivity index (χ0n) is 8.71. The van der Waals surface area contributed by atoms with Crippen LogP contribution < -0.4 is 10.1 Å². The molecular weight excluding hydrogens is 202 g/mol. The molecule has 0 fully saturated rings. The Bertz CT molecular complexity index is 290. The van der Waals surface area contributed by atoms with E-state index in [0.717, 1.165) is 5.56 Å². The molecule has 15 heavy (non-hydrogen) atoms. The Kier molecular flexibility index (Phi) is 4.42. The standard InChI is InChI=1S/C10H14F2N2O/c1-7(13-2)8-3-4-10(14-5-8)15-6-9(11)12/h3-5,7,9,13H,6H2,1-2H3. The van der Waals surface area contributed by atoms with Crippen LogP contribution in [0.2, 0.25) is 0 Å². The Hall–Kier alpha value is -1.23. The lowest BCUT2D eigenvalue weighted by Crippen LogP contribution is -2.13. The van der Waals surface area contributed by atoms with Gasteiger partial charge in [-0.25, -0.2) is 13.8 Å². The molecular formula is C10H14F2N2O. The summed E-state index contributed by atoms with van der Waals surface area (Å²) in [6.45, 7) is 1.37. The summed E-state index contributed by atoms with van der Waals surface area (Å²) < 4.78 is 28.4. The van der Waals surface area contributed by atoms with Crippen molar-refractivity contribution < 1.29 is 13.5 Å². The van der Waals surface area contributed by atoms with Crippen LogP contribution in [-0.4, -0.2) is 25.1 Å². The Morgan fingerprint density at radius 2 is 2.20 bits per heavy atom. The monoisotopic (exact) mass is 216 g/mol. The zero-order chi connectivity index (χ0) is 11.3. The number of halogens is 2. The minimum Gasteiger partial charge on any atom is -0.472 e. The number of pyridine rings is 1. The lowest BCUT2D eigenvalue weighted by molar-refractivity contribution is 0.0796. The molecule has 3 nitrogen and oxygen atoms in total. The second kappa shape index (κ2) is 5.60. The maximum atomic E-state index is 11.8. The number of aromatic nitrogens is 1. The molecule has 0 aromatic carbocycles. The summed E-state index contributed by atoms with van der Waals surface area (Å²) in [6.07, 6.45) is -0.857. The van der Waals surface area contributed by atoms with Crippen molar-refractivity contribution >= 4 is 0 Å². The van der Waals surface area contributed by atoms with E-state index in [4.69, 9.17) is 4.74 Å². The molecule has 0 spiro atoms. The van der Waals surface area contributed by atoms with Crippen molar-refractivity contribution in [2.24, 2.45) is 0 Å². The normalized spacial score (nSPS) is 12.9. The van der Waals surface area contributed by atoms with Gasteiger partial charge in [-0.05, 0) is 19.5 Å². The molecule has 1 N–H and O–H groups in total. The number of rotatable bonds is 5. The van der Waals surface area contributed by atoms with E-state index in [1.807, 2.05) is 14.0 Å². The number of nitrogens with one attached hydrogen (secondary N) is 1. The van der Waals surface area contributed by atoms with E-state index in [9.17, 15) is 8.78 Å². The molecule has 0 saturated carbocycles. The predicted octanol–water partition coefficient (Wildman–Crippen LogP) is 2.01. The molecule has 0 amide bonds. The third-order valence-electron chi connectivity index (χ3n) is 2.05. The SMILES string of the molecule is CNC(C)c1ccc(OCC(F)F)nc1. The topological polar surface area (TPSA) is 34.1 Å². The molecule has 1 atom stereocenters. The highest BCUT2D eigenvalue weighted by molar-refractivity contribution is 5.20. The number of nitrogens with zero attached hydrogens (tertiary/aromatic N) is 1. The summed E-state index contributed by atoms with van der Waals surface area (Å²) in [5.41, 5.74) is 0.988. The minimum atomic E-state index is -2.47. The van der Waals surface area contributed by atoms with Gasteiger partial charge in [0.2, 0.25) is 5.88 Å². The third-order valence-corrected chi connectivity index (χ3v) is 2.05. The maximum absolute atomic E-state index is 11.8. The van der Waals surface area contributed by atoms with Gasteiger partial charge in [0.15, 0.2) is 6.61 Å². The summed E-state index contributed by atoms with van der Waals surface area (Å²) in [6, 6.07) is 3.57. The number of alkyl halides is 2. The number of hydrogen-bond donors (Lipinski definition) is 1. The van der Waals surface area contributed by atoms with E-state index in [2.05, 4.69) is 10.3 Å². The molecule has 1 unspecified atom stereocenters. The molecule has 84 valence electrons. The van der Waals surface area contributed by atoms with Gasteiger partial charge in [0, 0.05) is 18.3 Å². The summed E-state index contributed by atoms with van der Waals surface area (Å²) >= 11 is 0. The van der Waals surface area contributed by atoms with E-state index in [0.29, 0.717) is 0 Å². The van der Waals surface area contributed by atoms with Crippen molar-refractivity contribution in [2.75, 3.05) is 13.7 Å². The highest BCUT2D eigenvalue weighted by Gasteiger charge is 2.06. The molecule has 1 rings (SSSR count). The predicted molar refractivity (Wildman–Crippen MR) is 53.2 cm³/mol. The molecule has 0 saturated heterocycles. The molecule has 0 bridgehead atoms. The average molecular weight is 216 g/mol. The smallest absolute Gasteiger partial charge is 0.272 e. The van der Waals surface area contributed by atoms with Gasteiger partial charge < -0.3 is 10.1 Å². The molecule has 0 aliphatic rings. The Morgan fingerprint density at radius 3 is 2.67 bits per heavy atom. The third kappa shape index (κ3) is 3.79. The van der Waals surface area contributed by atoms with Gasteiger partial charge in [-0.1, -0.05) is 6.07 Å². The summed E-state index contributed by atoms with van der Waals surface area (Å²) in [4.78, 5) is 3.92. The maximum Gasteiger partial charge on any atom is 0.272 e. The van der Waals surface area contributed by atoms with Crippen molar-refractivity contribution in [3.05, 3.63) is 23.9 Å². The van der Waals surface area contributed by atoms with Gasteiger partial charge in [-0.15, -0.1) is 0 Å². The highest BCUT2D eigenvalue weighted by atomic mass is 19.3. The average Bonchev–Trinajstić information content (AvgIpc) is 2.26. The minimum absolute atomic E-state index is 0.182. The fraction of sp³-hybridized carbons (Fsp3) is 0.500. The molecule has 1 aromatic heterocycles. The first-order valence-electron chi connectivity index (χ1n) is 4.67. The van der Waals surface area contributed by atoms with Crippen molar-refractivity contribution in [2.45, 2.75) is 19.4 Å². The summed E-state index contributed by atoms with van der Waals surface area (Å²) in [5.74, 6) is 0.224. The zero-order valence-corrected chi connectivity index (χ0v) is 8.71. The van der Waals surface area contributed by atoms with Crippen LogP contribution in [0.5, 0.6) is 5.88 Å². The van der Waals surface area contributed by atoms with E-state index in [1.165, 1.54) is 0 Å². The molecule has 0 aliphatic heterocycles. The second-order valence-corrected chi connectivity index (χ2v) is 3.14. The van der Waals surface area contributed by atoms with Crippen LogP contribution in [0.25, 0.3) is 0 Å². The first-order chi connectivity index (χ1) is 7.13. The van der Waals surface area contributed by atoms with Gasteiger partial charge in [0.05, 0.1) is 0 Å². The van der Waals surface area contributed by atoms with E-state index >= 15 is 0 Å². The first-order valence-corrected chi connectivity index (χ1v) is 4.67. The van der Waals surface area contributed by atoms with Crippen LogP contribution >= 0.6 is 0 Å². The van der Waals surface area contributed by atoms with Crippen molar-refractivity contribution in [1.29, 1.82) is 0 Å². The fourth-order valence-corrected chi connectivity index (χ4v) is 1.05. The molecule has 1 aromatic rings. The lowest BCUT2D eigenvalue weighted by Gasteiger charge is -2.10. The largest absolute Gasteiger partial charge is 0.472 e. The molecule has 1 heterocycles. The molecule has 0 radical (unpaired) electrons. The van der Waals surface area contributed by atoms with Gasteiger partial charge in [-0.2, -0.15) is 0 Å². The summed E-state index contributed by atoms with van der Waals surface area (Å²) in [7, 11) is 1.84. The quantitative estimate of drug-likeness (QED) is 0.817. The Balaban J connectivity index is 2.56. The molecule has 0 aliphatic carbocycles. The van der Waals surface area contributed by atoms with Crippen molar-refractivity contribution in [1.82, 2.24) is 10.3 Å². The summed E-state index contributed by atoms with van der Waals surface area (Å²) in [5, 5.41) is 3.05. The number of ether oxygens (including phenoxy) is 1. The van der Waals surface area contributed by atoms with Crippen molar-refractivity contribution in [3.8, 4) is 5.88 Å². The fourth-order valence-electron chi connectivity index (χ4n) is 1.05. The van der Waals surface area contributed by atoms with Crippen LogP contribution in [-0.2, 0) is 0 Å². The first kappa shape index (κ1) is 11.8. The van der Waals surface area contributed by atoms with Gasteiger partial charge >= 0.3 is 0 Å². The Morgan fingerprint density at radius 1 is 1.47 bits per heavy atom. The van der Waals surface area contributed by atoms with Gasteiger partial charge in [-0.3, -0.25) is 0 Å². The van der Waals surface area contributed by atoms with Crippen molar-refractivity contribution in [3.63, 3.8) is 0 Å². The van der Waals surface area contributed by atoms with Crippen LogP contribution in [0.4, 0.5) is 8.78 Å². The Labute approximate surface area is 87.5 Å². The number of hydrogen-bond acceptors (Lipinski definition) is 3. The second-order valence-electron chi connectivity index (χ2n) is 3.14. The highest BCUT2D eigenvalue weighted by Crippen LogP contribution is 2.14. The molecule has 5 heteroatoms. The van der Waals surface area contributed by atoms with Crippen LogP contribution in [0.1, 0.15) is 18.5 Å². The van der Waals surface area contributed by atoms with E-state index < -0.39 is 13.0 Å². The van der Waals surface area contributed by atoms with Crippen LogP contribution in [0.3, 0.4) is 0 Å². The van der Waals surface area contributed by atoms with E-state index in [-0.39, 0.29) is 11.9 Å². The lowest BCUT2D eigenvalue weighted by atomic mass is 10.1. The van der Waals surface area contributed by atoms with Gasteiger partial charge in [0.1, 0.15) is 0 Å². The van der Waals surface area contributed by atoms with Crippen LogP contribution in [0, 0.1) is 0 Å². The van der Waals surface area contributed by atoms with Crippen LogP contribution in [0.15, 0.2) is 18.3 Å².